The first-order valence-electron chi connectivity index (χ1n) is 7.67. The van der Waals surface area contributed by atoms with Crippen LogP contribution in [0.4, 0.5) is 0 Å². The minimum Gasteiger partial charge on any atom is -0.345 e. The van der Waals surface area contributed by atoms with Gasteiger partial charge in [-0.25, -0.2) is 0 Å². The number of hydrogen-bond donors (Lipinski definition) is 2. The zero-order valence-electron chi connectivity index (χ0n) is 13.7. The quantitative estimate of drug-likeness (QED) is 0.635. The van der Waals surface area contributed by atoms with Gasteiger partial charge in [-0.1, -0.05) is 34.1 Å². The summed E-state index contributed by atoms with van der Waals surface area (Å²) in [7, 11) is 1.61. The molecule has 0 saturated heterocycles. The van der Waals surface area contributed by atoms with Crippen molar-refractivity contribution in [2.75, 3.05) is 0 Å². The van der Waals surface area contributed by atoms with Crippen LogP contribution in [0.5, 0.6) is 0 Å². The van der Waals surface area contributed by atoms with E-state index in [1.165, 1.54) is 4.57 Å². The largest absolute Gasteiger partial charge is 0.345 e. The van der Waals surface area contributed by atoms with Crippen LogP contribution in [0.15, 0.2) is 51.7 Å². The van der Waals surface area contributed by atoms with Crippen LogP contribution in [-0.2, 0) is 7.05 Å². The van der Waals surface area contributed by atoms with Crippen molar-refractivity contribution in [3.05, 3.63) is 73.2 Å². The molecule has 0 radical (unpaired) electrons. The summed E-state index contributed by atoms with van der Waals surface area (Å²) in [5.41, 5.74) is 1.82. The number of carbonyl (C=O) groups is 1. The van der Waals surface area contributed by atoms with E-state index in [0.29, 0.717) is 21.2 Å². The Bertz CT molecular complexity index is 1090. The average Bonchev–Trinajstić information content (AvgIpc) is 2.59. The van der Waals surface area contributed by atoms with Gasteiger partial charge in [-0.15, -0.1) is 0 Å². The Morgan fingerprint density at radius 1 is 1.28 bits per heavy atom. The molecule has 0 unspecified atom stereocenters. The summed E-state index contributed by atoms with van der Waals surface area (Å²) in [6.45, 7) is 1.92. The van der Waals surface area contributed by atoms with Crippen molar-refractivity contribution >= 4 is 45.0 Å². The molecule has 128 valence electrons. The number of amides is 1. The fourth-order valence-electron chi connectivity index (χ4n) is 2.63. The van der Waals surface area contributed by atoms with Gasteiger partial charge < -0.3 is 10.3 Å². The Labute approximate surface area is 157 Å². The highest BCUT2D eigenvalue weighted by Gasteiger charge is 2.14. The number of nitrogens with one attached hydrogen (secondary N) is 2. The van der Waals surface area contributed by atoms with Crippen LogP contribution in [0.2, 0.25) is 0 Å². The summed E-state index contributed by atoms with van der Waals surface area (Å²) in [4.78, 5) is 27.8. The number of aromatic amines is 1. The molecular formula is C18H16BrN3O2S. The number of nitrogens with zero attached hydrogens (tertiary/aromatic N) is 1. The third-order valence-electron chi connectivity index (χ3n) is 4.08. The van der Waals surface area contributed by atoms with Crippen molar-refractivity contribution < 1.29 is 4.79 Å². The van der Waals surface area contributed by atoms with Gasteiger partial charge in [-0.05, 0) is 49.0 Å². The van der Waals surface area contributed by atoms with Crippen molar-refractivity contribution in [2.45, 2.75) is 13.0 Å². The van der Waals surface area contributed by atoms with E-state index >= 15 is 0 Å². The molecule has 1 amide bonds. The molecule has 0 fully saturated rings. The van der Waals surface area contributed by atoms with Gasteiger partial charge in [0.15, 0.2) is 4.77 Å². The Morgan fingerprint density at radius 2 is 2.00 bits per heavy atom. The second-order valence-corrected chi connectivity index (χ2v) is 7.01. The maximum atomic E-state index is 12.6. The highest BCUT2D eigenvalue weighted by atomic mass is 79.9. The standard InChI is InChI=1S/C18H16BrN3O2S/c1-10(12-5-3-4-6-14(12)19)20-16(23)11-7-8-13-15(9-11)21-18(25)22(2)17(13)24/h3-10H,1-2H3,(H,20,23)(H,21,25)/t10-/m0/s1. The van der Waals surface area contributed by atoms with E-state index in [4.69, 9.17) is 12.2 Å². The second kappa shape index (κ2) is 6.93. The van der Waals surface area contributed by atoms with Gasteiger partial charge in [0.25, 0.3) is 11.5 Å². The Kier molecular flexibility index (Phi) is 4.87. The second-order valence-electron chi connectivity index (χ2n) is 5.77. The van der Waals surface area contributed by atoms with E-state index in [2.05, 4.69) is 26.2 Å². The van der Waals surface area contributed by atoms with E-state index in [1.54, 1.807) is 25.2 Å². The fourth-order valence-corrected chi connectivity index (χ4v) is 3.45. The van der Waals surface area contributed by atoms with Gasteiger partial charge in [0.05, 0.1) is 16.9 Å². The molecule has 2 N–H and O–H groups in total. The zero-order valence-corrected chi connectivity index (χ0v) is 16.1. The molecule has 2 aromatic carbocycles. The monoisotopic (exact) mass is 417 g/mol. The lowest BCUT2D eigenvalue weighted by Gasteiger charge is -2.16. The van der Waals surface area contributed by atoms with Gasteiger partial charge >= 0.3 is 0 Å². The predicted molar refractivity (Wildman–Crippen MR) is 104 cm³/mol. The molecule has 0 bridgehead atoms. The minimum atomic E-state index is -0.217. The minimum absolute atomic E-state index is 0.166. The summed E-state index contributed by atoms with van der Waals surface area (Å²) in [5.74, 6) is -0.217. The van der Waals surface area contributed by atoms with E-state index in [9.17, 15) is 9.59 Å². The molecule has 3 aromatic rings. The van der Waals surface area contributed by atoms with E-state index in [0.717, 1.165) is 10.0 Å². The number of halogens is 1. The van der Waals surface area contributed by atoms with Crippen LogP contribution in [0.3, 0.4) is 0 Å². The highest BCUT2D eigenvalue weighted by Crippen LogP contribution is 2.23. The number of benzene rings is 2. The highest BCUT2D eigenvalue weighted by molar-refractivity contribution is 9.10. The fraction of sp³-hybridized carbons (Fsp3) is 0.167. The molecule has 0 aliphatic heterocycles. The van der Waals surface area contributed by atoms with Crippen molar-refractivity contribution in [3.63, 3.8) is 0 Å². The predicted octanol–water partition coefficient (Wildman–Crippen LogP) is 3.85. The number of carbonyl (C=O) groups excluding carboxylic acids is 1. The molecule has 0 spiro atoms. The van der Waals surface area contributed by atoms with Crippen LogP contribution in [0.1, 0.15) is 28.9 Å². The van der Waals surface area contributed by atoms with E-state index in [1.807, 2.05) is 31.2 Å². The summed E-state index contributed by atoms with van der Waals surface area (Å²) in [5, 5.41) is 3.46. The molecule has 3 rings (SSSR count). The van der Waals surface area contributed by atoms with Crippen molar-refractivity contribution in [1.29, 1.82) is 0 Å². The van der Waals surface area contributed by atoms with Crippen LogP contribution >= 0.6 is 28.1 Å². The van der Waals surface area contributed by atoms with E-state index in [-0.39, 0.29) is 17.5 Å². The third kappa shape index (κ3) is 3.43. The summed E-state index contributed by atoms with van der Waals surface area (Å²) in [6, 6.07) is 12.5. The molecule has 0 aliphatic rings. The van der Waals surface area contributed by atoms with Crippen LogP contribution < -0.4 is 10.9 Å². The molecule has 25 heavy (non-hydrogen) atoms. The Morgan fingerprint density at radius 3 is 2.72 bits per heavy atom. The lowest BCUT2D eigenvalue weighted by atomic mass is 10.1. The number of rotatable bonds is 3. The first kappa shape index (κ1) is 17.6. The molecule has 1 aromatic heterocycles. The van der Waals surface area contributed by atoms with Crippen LogP contribution in [-0.4, -0.2) is 15.5 Å². The molecule has 5 nitrogen and oxygen atoms in total. The lowest BCUT2D eigenvalue weighted by molar-refractivity contribution is 0.0940. The van der Waals surface area contributed by atoms with Gasteiger partial charge in [-0.3, -0.25) is 14.2 Å². The topological polar surface area (TPSA) is 66.9 Å². The number of fused-ring (bicyclic) bond motifs is 1. The average molecular weight is 418 g/mol. The Balaban J connectivity index is 1.93. The maximum Gasteiger partial charge on any atom is 0.261 e. The van der Waals surface area contributed by atoms with Gasteiger partial charge in [0.1, 0.15) is 0 Å². The van der Waals surface area contributed by atoms with Crippen molar-refractivity contribution in [2.24, 2.45) is 7.05 Å². The van der Waals surface area contributed by atoms with Gasteiger partial charge in [-0.2, -0.15) is 0 Å². The third-order valence-corrected chi connectivity index (χ3v) is 5.18. The smallest absolute Gasteiger partial charge is 0.261 e. The van der Waals surface area contributed by atoms with Crippen LogP contribution in [0.25, 0.3) is 10.9 Å². The number of H-pyrrole nitrogens is 1. The molecule has 0 saturated carbocycles. The van der Waals surface area contributed by atoms with Crippen LogP contribution in [0, 0.1) is 4.77 Å². The number of hydrogen-bond acceptors (Lipinski definition) is 3. The first-order chi connectivity index (χ1) is 11.9. The first-order valence-corrected chi connectivity index (χ1v) is 8.87. The SMILES string of the molecule is C[C@H](NC(=O)c1ccc2c(=O)n(C)c(=S)[nH]c2c1)c1ccccc1Br. The molecule has 1 heterocycles. The molecule has 1 atom stereocenters. The molecule has 7 heteroatoms. The lowest BCUT2D eigenvalue weighted by Crippen LogP contribution is -2.27. The van der Waals surface area contributed by atoms with E-state index < -0.39 is 0 Å². The normalized spacial score (nSPS) is 12.1. The van der Waals surface area contributed by atoms with Gasteiger partial charge in [0.2, 0.25) is 0 Å². The molecular weight excluding hydrogens is 402 g/mol. The molecule has 0 aliphatic carbocycles. The van der Waals surface area contributed by atoms with Crippen molar-refractivity contribution in [3.8, 4) is 0 Å². The van der Waals surface area contributed by atoms with Gasteiger partial charge in [0, 0.05) is 17.1 Å². The summed E-state index contributed by atoms with van der Waals surface area (Å²) < 4.78 is 2.62. The maximum absolute atomic E-state index is 12.6. The summed E-state index contributed by atoms with van der Waals surface area (Å²) in [6.07, 6.45) is 0. The number of aromatic nitrogens is 2. The summed E-state index contributed by atoms with van der Waals surface area (Å²) >= 11 is 8.62. The Hall–Kier alpha value is -2.25. The zero-order chi connectivity index (χ0) is 18.1. The van der Waals surface area contributed by atoms with Crippen molar-refractivity contribution in [1.82, 2.24) is 14.9 Å².